The summed E-state index contributed by atoms with van der Waals surface area (Å²) in [7, 11) is 0. The number of benzene rings is 2. The van der Waals surface area contributed by atoms with Gasteiger partial charge in [-0.2, -0.15) is 5.26 Å². The molecule has 2 N–H and O–H groups in total. The van der Waals surface area contributed by atoms with Gasteiger partial charge in [0.15, 0.2) is 0 Å². The molecule has 0 spiro atoms. The van der Waals surface area contributed by atoms with Crippen molar-refractivity contribution in [1.82, 2.24) is 20.5 Å². The van der Waals surface area contributed by atoms with E-state index in [1.807, 2.05) is 88.4 Å². The first-order chi connectivity index (χ1) is 22.0. The van der Waals surface area contributed by atoms with Gasteiger partial charge in [0.05, 0.1) is 17.4 Å². The molecule has 1 aromatic heterocycles. The van der Waals surface area contributed by atoms with Crippen molar-refractivity contribution in [3.05, 3.63) is 83.6 Å². The van der Waals surface area contributed by atoms with Crippen LogP contribution in [0, 0.1) is 29.6 Å². The molecule has 0 bridgehead atoms. The molecule has 3 aliphatic heterocycles. The van der Waals surface area contributed by atoms with Gasteiger partial charge in [0.25, 0.3) is 5.91 Å². The minimum absolute atomic E-state index is 0.119. The summed E-state index contributed by atoms with van der Waals surface area (Å²) in [5, 5.41) is 16.1. The van der Waals surface area contributed by atoms with Crippen LogP contribution < -0.4 is 20.3 Å². The Morgan fingerprint density at radius 3 is 2.50 bits per heavy atom. The highest BCUT2D eigenvalue weighted by Gasteiger charge is 2.45. The number of pyridine rings is 1. The van der Waals surface area contributed by atoms with Crippen LogP contribution in [0.2, 0.25) is 0 Å². The van der Waals surface area contributed by atoms with E-state index in [-0.39, 0.29) is 34.8 Å². The highest BCUT2D eigenvalue weighted by molar-refractivity contribution is 8.00. The van der Waals surface area contributed by atoms with E-state index in [2.05, 4.69) is 15.6 Å². The van der Waals surface area contributed by atoms with Gasteiger partial charge < -0.3 is 20.3 Å². The maximum Gasteiger partial charge on any atom is 0.327 e. The minimum Gasteiger partial charge on any atom is -0.457 e. The summed E-state index contributed by atoms with van der Waals surface area (Å²) in [6.45, 7) is 8.56. The first-order valence-corrected chi connectivity index (χ1v) is 16.2. The molecule has 0 saturated carbocycles. The van der Waals surface area contributed by atoms with Crippen LogP contribution in [-0.2, 0) is 9.59 Å². The van der Waals surface area contributed by atoms with E-state index < -0.39 is 11.4 Å². The molecular formula is C35H36N6O4S. The van der Waals surface area contributed by atoms with Crippen molar-refractivity contribution >= 4 is 41.0 Å². The number of aryl methyl sites for hydroxylation is 1. The Balaban J connectivity index is 1.13. The standard InChI is InChI=1S/C35H36N6O4S/c1-21-18-25(45-24-8-6-5-7-9-24)10-11-26(21)41-27-12-15-37-31-28(27)29(38-34(41)44)32(46-31)39-30(42)22-13-16-40(17-14-22)33(43)23(20-36)19-35(2,3)4/h5-12,15,18-19,22,29,32H,13-14,16-17H2,1-4H3,(H,38,44)(H,39,42)/b23-19+. The summed E-state index contributed by atoms with van der Waals surface area (Å²) < 4.78 is 5.99. The van der Waals surface area contributed by atoms with Gasteiger partial charge in [-0.05, 0) is 67.1 Å². The molecule has 2 unspecified atom stereocenters. The molecule has 46 heavy (non-hydrogen) atoms. The number of thioether (sulfide) groups is 1. The number of likely N-dealkylation sites (tertiary alicyclic amines) is 1. The van der Waals surface area contributed by atoms with Crippen LogP contribution in [0.4, 0.5) is 16.2 Å². The third kappa shape index (κ3) is 6.30. The lowest BCUT2D eigenvalue weighted by molar-refractivity contribution is -0.132. The van der Waals surface area contributed by atoms with Crippen molar-refractivity contribution in [3.63, 3.8) is 0 Å². The zero-order valence-corrected chi connectivity index (χ0v) is 27.1. The van der Waals surface area contributed by atoms with Crippen molar-refractivity contribution < 1.29 is 19.1 Å². The average molecular weight is 637 g/mol. The highest BCUT2D eigenvalue weighted by Crippen LogP contribution is 2.50. The Morgan fingerprint density at radius 1 is 1.09 bits per heavy atom. The maximum absolute atomic E-state index is 13.7. The number of rotatable bonds is 6. The van der Waals surface area contributed by atoms with Crippen molar-refractivity contribution in [2.45, 2.75) is 57.0 Å². The molecule has 3 aliphatic rings. The molecule has 1 fully saturated rings. The number of hydrogen-bond acceptors (Lipinski definition) is 7. The number of amides is 4. The molecule has 6 rings (SSSR count). The molecule has 4 heterocycles. The third-order valence-corrected chi connectivity index (χ3v) is 9.45. The summed E-state index contributed by atoms with van der Waals surface area (Å²) >= 11 is 1.43. The van der Waals surface area contributed by atoms with E-state index >= 15 is 0 Å². The number of aromatic nitrogens is 1. The van der Waals surface area contributed by atoms with Gasteiger partial charge in [-0.3, -0.25) is 14.5 Å². The Kier molecular flexibility index (Phi) is 8.49. The third-order valence-electron chi connectivity index (χ3n) is 8.26. The van der Waals surface area contributed by atoms with Crippen LogP contribution in [0.15, 0.2) is 77.5 Å². The number of hydrogen-bond donors (Lipinski definition) is 2. The zero-order valence-electron chi connectivity index (χ0n) is 26.2. The number of para-hydroxylation sites is 1. The Hall–Kier alpha value is -4.82. The number of nitrogens with zero attached hydrogens (tertiary/aromatic N) is 4. The first-order valence-electron chi connectivity index (χ1n) is 15.3. The number of nitrogens with one attached hydrogen (secondary N) is 2. The highest BCUT2D eigenvalue weighted by atomic mass is 32.2. The molecule has 0 aliphatic carbocycles. The Bertz CT molecular complexity index is 1750. The van der Waals surface area contributed by atoms with Crippen LogP contribution in [-0.4, -0.2) is 46.2 Å². The number of piperidine rings is 1. The lowest BCUT2D eigenvalue weighted by Crippen LogP contribution is -2.51. The molecule has 11 heteroatoms. The van der Waals surface area contributed by atoms with Crippen LogP contribution in [0.25, 0.3) is 0 Å². The first kappa shape index (κ1) is 31.2. The summed E-state index contributed by atoms with van der Waals surface area (Å²) in [5.41, 5.74) is 3.02. The molecule has 2 atom stereocenters. The minimum atomic E-state index is -0.445. The largest absolute Gasteiger partial charge is 0.457 e. The monoisotopic (exact) mass is 636 g/mol. The summed E-state index contributed by atoms with van der Waals surface area (Å²) in [6.07, 6.45) is 4.37. The number of nitriles is 1. The molecule has 10 nitrogen and oxygen atoms in total. The van der Waals surface area contributed by atoms with E-state index in [1.165, 1.54) is 11.8 Å². The van der Waals surface area contributed by atoms with Crippen LogP contribution >= 0.6 is 11.8 Å². The second kappa shape index (κ2) is 12.5. The van der Waals surface area contributed by atoms with Gasteiger partial charge in [0.2, 0.25) is 5.91 Å². The van der Waals surface area contributed by atoms with Crippen molar-refractivity contribution in [2.24, 2.45) is 11.3 Å². The number of carbonyl (C=O) groups is 3. The predicted molar refractivity (Wildman–Crippen MR) is 176 cm³/mol. The lowest BCUT2D eigenvalue weighted by atomic mass is 9.92. The fourth-order valence-electron chi connectivity index (χ4n) is 6.09. The normalized spacial score (nSPS) is 19.6. The summed E-state index contributed by atoms with van der Waals surface area (Å²) in [6, 6.07) is 18.3. The predicted octanol–water partition coefficient (Wildman–Crippen LogP) is 6.37. The lowest BCUT2D eigenvalue weighted by Gasteiger charge is -2.36. The van der Waals surface area contributed by atoms with Gasteiger partial charge >= 0.3 is 6.03 Å². The van der Waals surface area contributed by atoms with Gasteiger partial charge in [-0.15, -0.1) is 0 Å². The van der Waals surface area contributed by atoms with Gasteiger partial charge in [-0.25, -0.2) is 9.78 Å². The van der Waals surface area contributed by atoms with E-state index in [9.17, 15) is 19.6 Å². The number of urea groups is 1. The van der Waals surface area contributed by atoms with Gasteiger partial charge in [-0.1, -0.05) is 56.8 Å². The van der Waals surface area contributed by atoms with E-state index in [4.69, 9.17) is 4.74 Å². The van der Waals surface area contributed by atoms with Crippen LogP contribution in [0.3, 0.4) is 0 Å². The van der Waals surface area contributed by atoms with Gasteiger partial charge in [0.1, 0.15) is 33.5 Å². The topological polar surface area (TPSA) is 128 Å². The SMILES string of the molecule is Cc1cc(Oc2ccccc2)ccc1N1C(=O)NC2c3c1ccnc3SC2NC(=O)C1CCN(C(=O)/C(C#N)=C/C(C)(C)C)CC1. The molecule has 0 radical (unpaired) electrons. The molecule has 236 valence electrons. The Labute approximate surface area is 272 Å². The van der Waals surface area contributed by atoms with Crippen LogP contribution in [0.5, 0.6) is 11.5 Å². The molecule has 1 saturated heterocycles. The van der Waals surface area contributed by atoms with Crippen molar-refractivity contribution in [1.29, 1.82) is 5.26 Å². The fourth-order valence-corrected chi connectivity index (χ4v) is 7.32. The maximum atomic E-state index is 13.7. The second-order valence-electron chi connectivity index (χ2n) is 12.8. The second-order valence-corrected chi connectivity index (χ2v) is 14.0. The molecule has 3 aromatic rings. The summed E-state index contributed by atoms with van der Waals surface area (Å²) in [4.78, 5) is 47.9. The fraction of sp³-hybridized carbons (Fsp3) is 0.343. The molecule has 4 amide bonds. The van der Waals surface area contributed by atoms with E-state index in [0.717, 1.165) is 33.3 Å². The number of ether oxygens (including phenoxy) is 1. The number of allylic oxidation sites excluding steroid dienone is 1. The molecular weight excluding hydrogens is 600 g/mol. The molecule has 2 aromatic carbocycles. The van der Waals surface area contributed by atoms with Crippen LogP contribution in [0.1, 0.15) is 50.8 Å². The summed E-state index contributed by atoms with van der Waals surface area (Å²) in [5.74, 6) is 0.702. The van der Waals surface area contributed by atoms with Crippen molar-refractivity contribution in [2.75, 3.05) is 18.0 Å². The van der Waals surface area contributed by atoms with E-state index in [1.54, 1.807) is 22.1 Å². The van der Waals surface area contributed by atoms with Gasteiger partial charge in [0, 0.05) is 30.8 Å². The quantitative estimate of drug-likeness (QED) is 0.238. The smallest absolute Gasteiger partial charge is 0.327 e. The average Bonchev–Trinajstić information content (AvgIpc) is 3.37. The number of carbonyl (C=O) groups excluding carboxylic acids is 3. The van der Waals surface area contributed by atoms with E-state index in [0.29, 0.717) is 31.7 Å². The van der Waals surface area contributed by atoms with Crippen molar-refractivity contribution in [3.8, 4) is 17.6 Å². The number of anilines is 2. The zero-order chi connectivity index (χ0) is 32.6. The Morgan fingerprint density at radius 2 is 1.83 bits per heavy atom.